The van der Waals surface area contributed by atoms with Crippen LogP contribution in [0.4, 0.5) is 0 Å². The van der Waals surface area contributed by atoms with Crippen LogP contribution in [0.15, 0.2) is 140 Å². The summed E-state index contributed by atoms with van der Waals surface area (Å²) in [7, 11) is 0. The molecule has 0 amide bonds. The summed E-state index contributed by atoms with van der Waals surface area (Å²) in [4.78, 5) is 14.4. The summed E-state index contributed by atoms with van der Waals surface area (Å²) in [6, 6.07) is 44.6. The Morgan fingerprint density at radius 3 is 1.82 bits per heavy atom. The molecule has 2 heterocycles. The van der Waals surface area contributed by atoms with Gasteiger partial charge in [0.15, 0.2) is 5.82 Å². The van der Waals surface area contributed by atoms with E-state index in [1.54, 1.807) is 6.20 Å². The van der Waals surface area contributed by atoms with Gasteiger partial charge in [0.25, 0.3) is 0 Å². The van der Waals surface area contributed by atoms with Gasteiger partial charge >= 0.3 is 0 Å². The van der Waals surface area contributed by atoms with Crippen LogP contribution in [0, 0.1) is 0 Å². The first-order valence-corrected chi connectivity index (χ1v) is 13.4. The maximum atomic E-state index is 5.12. The Kier molecular flexibility index (Phi) is 5.14. The largest absolute Gasteiger partial charge is 0.264 e. The first-order valence-electron chi connectivity index (χ1n) is 13.4. The Morgan fingerprint density at radius 2 is 1.05 bits per heavy atom. The van der Waals surface area contributed by atoms with Gasteiger partial charge in [0, 0.05) is 29.1 Å². The fourth-order valence-electron chi connectivity index (χ4n) is 5.85. The van der Waals surface area contributed by atoms with Crippen molar-refractivity contribution in [2.75, 3.05) is 0 Å². The number of rotatable bonds is 4. The summed E-state index contributed by atoms with van der Waals surface area (Å²) in [5, 5.41) is 2.50. The third kappa shape index (κ3) is 3.63. The van der Waals surface area contributed by atoms with Crippen LogP contribution in [0.2, 0.25) is 0 Å². The minimum atomic E-state index is 0.718. The molecule has 1 aliphatic carbocycles. The van der Waals surface area contributed by atoms with Gasteiger partial charge in [0.05, 0.1) is 11.4 Å². The highest BCUT2D eigenvalue weighted by atomic mass is 14.9. The molecule has 186 valence electrons. The highest BCUT2D eigenvalue weighted by molar-refractivity contribution is 6.18. The third-order valence-electron chi connectivity index (χ3n) is 7.76. The second kappa shape index (κ2) is 9.11. The number of hydrogen-bond donors (Lipinski definition) is 0. The van der Waals surface area contributed by atoms with Gasteiger partial charge in [-0.15, -0.1) is 0 Å². The normalized spacial score (nSPS) is 11.5. The molecule has 0 radical (unpaired) electrons. The van der Waals surface area contributed by atoms with Gasteiger partial charge in [0.1, 0.15) is 0 Å². The Labute approximate surface area is 232 Å². The molecule has 0 aliphatic heterocycles. The maximum absolute atomic E-state index is 5.12. The molecule has 0 spiro atoms. The molecule has 5 aromatic carbocycles. The molecule has 2 aromatic heterocycles. The summed E-state index contributed by atoms with van der Waals surface area (Å²) < 4.78 is 0. The van der Waals surface area contributed by atoms with E-state index in [4.69, 9.17) is 9.97 Å². The Bertz CT molecular complexity index is 2000. The minimum absolute atomic E-state index is 0.718. The van der Waals surface area contributed by atoms with Crippen molar-refractivity contribution in [2.45, 2.75) is 0 Å². The number of nitrogens with zero attached hydrogens (tertiary/aromatic N) is 3. The maximum Gasteiger partial charge on any atom is 0.160 e. The summed E-state index contributed by atoms with van der Waals surface area (Å²) in [6.07, 6.45) is 3.68. The fourth-order valence-corrected chi connectivity index (χ4v) is 5.85. The van der Waals surface area contributed by atoms with E-state index < -0.39 is 0 Å². The van der Waals surface area contributed by atoms with Crippen LogP contribution in [0.3, 0.4) is 0 Å². The Hall–Kier alpha value is -5.41. The second-order valence-corrected chi connectivity index (χ2v) is 10.1. The molecule has 0 N–H and O–H groups in total. The lowest BCUT2D eigenvalue weighted by Crippen LogP contribution is -1.96. The van der Waals surface area contributed by atoms with Gasteiger partial charge in [-0.3, -0.25) is 4.98 Å². The Balaban J connectivity index is 1.32. The highest BCUT2D eigenvalue weighted by Gasteiger charge is 2.23. The lowest BCUT2D eigenvalue weighted by Gasteiger charge is -2.13. The van der Waals surface area contributed by atoms with Crippen LogP contribution in [0.5, 0.6) is 0 Å². The smallest absolute Gasteiger partial charge is 0.160 e. The van der Waals surface area contributed by atoms with Gasteiger partial charge in [-0.2, -0.15) is 0 Å². The molecule has 0 bridgehead atoms. The van der Waals surface area contributed by atoms with Crippen LogP contribution < -0.4 is 0 Å². The molecule has 0 unspecified atom stereocenters. The van der Waals surface area contributed by atoms with E-state index in [-0.39, 0.29) is 0 Å². The van der Waals surface area contributed by atoms with Crippen molar-refractivity contribution < 1.29 is 0 Å². The minimum Gasteiger partial charge on any atom is -0.264 e. The van der Waals surface area contributed by atoms with Gasteiger partial charge in [-0.1, -0.05) is 115 Å². The van der Waals surface area contributed by atoms with Gasteiger partial charge in [-0.25, -0.2) is 9.97 Å². The molecular formula is C37H23N3. The molecule has 3 heteroatoms. The quantitative estimate of drug-likeness (QED) is 0.237. The number of aromatic nitrogens is 3. The lowest BCUT2D eigenvalue weighted by atomic mass is 9.96. The molecule has 0 saturated heterocycles. The van der Waals surface area contributed by atoms with Crippen molar-refractivity contribution in [3.05, 3.63) is 140 Å². The van der Waals surface area contributed by atoms with Crippen molar-refractivity contribution in [3.63, 3.8) is 0 Å². The number of hydrogen-bond acceptors (Lipinski definition) is 3. The molecule has 1 aliphatic rings. The summed E-state index contributed by atoms with van der Waals surface area (Å²) in [6.45, 7) is 0. The fraction of sp³-hybridized carbons (Fsp3) is 0. The van der Waals surface area contributed by atoms with Crippen molar-refractivity contribution in [1.29, 1.82) is 0 Å². The van der Waals surface area contributed by atoms with E-state index in [1.807, 2.05) is 30.5 Å². The van der Waals surface area contributed by atoms with Crippen LogP contribution in [-0.2, 0) is 0 Å². The summed E-state index contributed by atoms with van der Waals surface area (Å²) in [5.74, 6) is 0.718. The average molecular weight is 510 g/mol. The first kappa shape index (κ1) is 22.6. The number of fused-ring (bicyclic) bond motifs is 3. The molecule has 40 heavy (non-hydrogen) atoms. The van der Waals surface area contributed by atoms with E-state index in [0.717, 1.165) is 45.0 Å². The van der Waals surface area contributed by atoms with E-state index >= 15 is 0 Å². The predicted octanol–water partition coefficient (Wildman–Crippen LogP) is 9.34. The number of benzene rings is 5. The molecule has 3 nitrogen and oxygen atoms in total. The molecule has 0 atom stereocenters. The number of pyridine rings is 1. The van der Waals surface area contributed by atoms with Crippen LogP contribution in [0.1, 0.15) is 0 Å². The van der Waals surface area contributed by atoms with Gasteiger partial charge in [-0.05, 0) is 56.3 Å². The van der Waals surface area contributed by atoms with Crippen LogP contribution >= 0.6 is 0 Å². The van der Waals surface area contributed by atoms with Crippen molar-refractivity contribution in [2.24, 2.45) is 0 Å². The zero-order chi connectivity index (χ0) is 26.5. The van der Waals surface area contributed by atoms with Crippen molar-refractivity contribution in [3.8, 4) is 67.3 Å². The van der Waals surface area contributed by atoms with E-state index in [0.29, 0.717) is 0 Å². The van der Waals surface area contributed by atoms with E-state index in [2.05, 4.69) is 108 Å². The van der Waals surface area contributed by atoms with E-state index in [1.165, 1.54) is 33.0 Å². The zero-order valence-electron chi connectivity index (χ0n) is 21.6. The molecule has 0 fully saturated rings. The van der Waals surface area contributed by atoms with Crippen LogP contribution in [-0.4, -0.2) is 15.0 Å². The Morgan fingerprint density at radius 1 is 0.400 bits per heavy atom. The molecular weight excluding hydrogens is 486 g/mol. The van der Waals surface area contributed by atoms with Crippen molar-refractivity contribution in [1.82, 2.24) is 15.0 Å². The summed E-state index contributed by atoms with van der Waals surface area (Å²) in [5.41, 5.74) is 12.3. The van der Waals surface area contributed by atoms with Crippen LogP contribution in [0.25, 0.3) is 78.1 Å². The summed E-state index contributed by atoms with van der Waals surface area (Å²) >= 11 is 0. The molecule has 0 saturated carbocycles. The molecule has 7 aromatic rings. The lowest BCUT2D eigenvalue weighted by molar-refractivity contribution is 1.18. The first-order chi connectivity index (χ1) is 19.8. The molecule has 8 rings (SSSR count). The third-order valence-corrected chi connectivity index (χ3v) is 7.76. The second-order valence-electron chi connectivity index (χ2n) is 10.1. The topological polar surface area (TPSA) is 38.7 Å². The SMILES string of the molecule is c1ccc(-c2nc(-c3ccc(-c4cccnc4)cc3)cc(-c3ccc4c5c(cccc35)-c3ccccc3-4)n2)cc1. The highest BCUT2D eigenvalue weighted by Crippen LogP contribution is 2.49. The van der Waals surface area contributed by atoms with Crippen molar-refractivity contribution >= 4 is 10.8 Å². The zero-order valence-corrected chi connectivity index (χ0v) is 21.6. The van der Waals surface area contributed by atoms with Gasteiger partial charge in [0.2, 0.25) is 0 Å². The van der Waals surface area contributed by atoms with E-state index in [9.17, 15) is 0 Å². The average Bonchev–Trinajstić information content (AvgIpc) is 3.37. The standard InChI is InChI=1S/C37H23N3/c1-2-8-26(9-3-1)37-39-34(25-17-15-24(16-18-25)27-10-7-21-38-23-27)22-35(40-37)30-19-20-33-29-12-5-4-11-28(29)31-13-6-14-32(30)36(31)33/h1-23H. The van der Waals surface area contributed by atoms with Gasteiger partial charge < -0.3 is 0 Å². The predicted molar refractivity (Wildman–Crippen MR) is 164 cm³/mol. The monoisotopic (exact) mass is 509 g/mol.